The van der Waals surface area contributed by atoms with Gasteiger partial charge < -0.3 is 19.5 Å². The molecule has 0 saturated carbocycles. The Balaban J connectivity index is 2.99. The van der Waals surface area contributed by atoms with Crippen LogP contribution < -0.4 is 4.90 Å². The molecule has 1 N–H and O–H groups in total. The van der Waals surface area contributed by atoms with Crippen LogP contribution in [0.5, 0.6) is 0 Å². The van der Waals surface area contributed by atoms with E-state index in [4.69, 9.17) is 9.47 Å². The van der Waals surface area contributed by atoms with Gasteiger partial charge in [-0.3, -0.25) is 10.1 Å². The number of aliphatic hydroxyl groups excluding tert-OH is 1. The van der Waals surface area contributed by atoms with E-state index in [0.29, 0.717) is 36.2 Å². The molecule has 1 aromatic rings. The van der Waals surface area contributed by atoms with Crippen LogP contribution in [0.1, 0.15) is 24.3 Å². The van der Waals surface area contributed by atoms with Gasteiger partial charge in [0.05, 0.1) is 17.6 Å². The fourth-order valence-corrected chi connectivity index (χ4v) is 2.98. The molecule has 1 aromatic heterocycles. The number of anilines is 1. The number of aliphatic hydroxyl groups is 1. The monoisotopic (exact) mass is 318 g/mol. The number of hydrogen-bond acceptors (Lipinski definition) is 7. The first-order valence-electron chi connectivity index (χ1n) is 6.70. The number of nitrogens with zero attached hydrogens (tertiary/aromatic N) is 2. The second kappa shape index (κ2) is 8.93. The highest BCUT2D eigenvalue weighted by atomic mass is 32.1. The molecule has 0 radical (unpaired) electrons. The zero-order valence-electron chi connectivity index (χ0n) is 12.6. The fraction of sp³-hybridized carbons (Fsp3) is 0.692. The Kier molecular flexibility index (Phi) is 7.58. The number of nitro groups is 1. The highest BCUT2D eigenvalue weighted by Gasteiger charge is 2.25. The first-order chi connectivity index (χ1) is 10.0. The Labute approximate surface area is 128 Å². The average Bonchev–Trinajstić information content (AvgIpc) is 2.88. The summed E-state index contributed by atoms with van der Waals surface area (Å²) in [6.07, 6.45) is 0.0462. The van der Waals surface area contributed by atoms with Gasteiger partial charge in [-0.05, 0) is 13.3 Å². The van der Waals surface area contributed by atoms with E-state index >= 15 is 0 Å². The molecule has 0 aromatic carbocycles. The summed E-state index contributed by atoms with van der Waals surface area (Å²) in [6.45, 7) is 3.86. The summed E-state index contributed by atoms with van der Waals surface area (Å²) in [7, 11) is 3.22. The van der Waals surface area contributed by atoms with Crippen LogP contribution in [-0.4, -0.2) is 50.6 Å². The molecular weight excluding hydrogens is 296 g/mol. The standard InChI is InChI=1S/C13H22N2O5S/c1-10(16)12-9-11(15(17)18)13(21-12)14(6-8-20-3)5-4-7-19-2/h9-10,16H,4-8H2,1-3H3. The van der Waals surface area contributed by atoms with Crippen LogP contribution in [0.3, 0.4) is 0 Å². The maximum atomic E-state index is 11.2. The molecule has 0 amide bonds. The SMILES string of the molecule is COCCCN(CCOC)c1sc(C(C)O)cc1[N+](=O)[O-]. The summed E-state index contributed by atoms with van der Waals surface area (Å²) in [5.74, 6) is 0. The van der Waals surface area contributed by atoms with Crippen molar-refractivity contribution in [2.45, 2.75) is 19.4 Å². The summed E-state index contributed by atoms with van der Waals surface area (Å²) in [6, 6.07) is 1.45. The van der Waals surface area contributed by atoms with Crippen molar-refractivity contribution in [1.82, 2.24) is 0 Å². The van der Waals surface area contributed by atoms with Gasteiger partial charge in [0, 0.05) is 44.9 Å². The molecule has 120 valence electrons. The van der Waals surface area contributed by atoms with E-state index in [1.165, 1.54) is 17.4 Å². The van der Waals surface area contributed by atoms with Gasteiger partial charge in [0.25, 0.3) is 0 Å². The van der Waals surface area contributed by atoms with E-state index in [0.717, 1.165) is 6.42 Å². The average molecular weight is 318 g/mol. The third-order valence-corrected chi connectivity index (χ3v) is 4.31. The minimum Gasteiger partial charge on any atom is -0.388 e. The molecule has 0 aliphatic carbocycles. The highest BCUT2D eigenvalue weighted by Crippen LogP contribution is 2.40. The Bertz CT molecular complexity index is 450. The zero-order chi connectivity index (χ0) is 15.8. The van der Waals surface area contributed by atoms with Crippen molar-refractivity contribution in [3.8, 4) is 0 Å². The van der Waals surface area contributed by atoms with E-state index < -0.39 is 11.0 Å². The van der Waals surface area contributed by atoms with Crippen LogP contribution in [0, 0.1) is 10.1 Å². The molecule has 1 rings (SSSR count). The molecule has 1 heterocycles. The van der Waals surface area contributed by atoms with E-state index in [2.05, 4.69) is 0 Å². The Morgan fingerprint density at radius 2 is 2.05 bits per heavy atom. The lowest BCUT2D eigenvalue weighted by molar-refractivity contribution is -0.383. The molecule has 7 nitrogen and oxygen atoms in total. The van der Waals surface area contributed by atoms with Crippen LogP contribution in [0.4, 0.5) is 10.7 Å². The van der Waals surface area contributed by atoms with Crippen molar-refractivity contribution in [2.24, 2.45) is 0 Å². The van der Waals surface area contributed by atoms with E-state index in [9.17, 15) is 15.2 Å². The number of rotatable bonds is 10. The van der Waals surface area contributed by atoms with Crippen molar-refractivity contribution in [3.63, 3.8) is 0 Å². The molecule has 0 bridgehead atoms. The van der Waals surface area contributed by atoms with Gasteiger partial charge in [0.15, 0.2) is 5.00 Å². The van der Waals surface area contributed by atoms with Crippen LogP contribution in [0.25, 0.3) is 0 Å². The summed E-state index contributed by atoms with van der Waals surface area (Å²) >= 11 is 1.25. The fourth-order valence-electron chi connectivity index (χ4n) is 1.87. The summed E-state index contributed by atoms with van der Waals surface area (Å²) in [4.78, 5) is 13.3. The number of methoxy groups -OCH3 is 2. The smallest absolute Gasteiger partial charge is 0.304 e. The predicted molar refractivity (Wildman–Crippen MR) is 82.2 cm³/mol. The largest absolute Gasteiger partial charge is 0.388 e. The number of hydrogen-bond donors (Lipinski definition) is 1. The molecule has 0 aliphatic heterocycles. The van der Waals surface area contributed by atoms with E-state index in [1.807, 2.05) is 4.90 Å². The Morgan fingerprint density at radius 3 is 2.57 bits per heavy atom. The van der Waals surface area contributed by atoms with Gasteiger partial charge in [0.2, 0.25) is 0 Å². The summed E-state index contributed by atoms with van der Waals surface area (Å²) < 4.78 is 10.1. The van der Waals surface area contributed by atoms with Crippen LogP contribution >= 0.6 is 11.3 Å². The van der Waals surface area contributed by atoms with Crippen molar-refractivity contribution in [3.05, 3.63) is 21.1 Å². The normalized spacial score (nSPS) is 12.4. The van der Waals surface area contributed by atoms with Gasteiger partial charge in [-0.15, -0.1) is 11.3 Å². The van der Waals surface area contributed by atoms with Gasteiger partial charge in [-0.1, -0.05) is 0 Å². The molecule has 21 heavy (non-hydrogen) atoms. The van der Waals surface area contributed by atoms with Gasteiger partial charge in [-0.2, -0.15) is 0 Å². The third-order valence-electron chi connectivity index (χ3n) is 2.95. The molecule has 1 unspecified atom stereocenters. The minimum atomic E-state index is -0.717. The maximum absolute atomic E-state index is 11.2. The van der Waals surface area contributed by atoms with Crippen LogP contribution in [0.15, 0.2) is 6.07 Å². The zero-order valence-corrected chi connectivity index (χ0v) is 13.4. The third kappa shape index (κ3) is 5.24. The second-order valence-corrected chi connectivity index (χ2v) is 5.66. The van der Waals surface area contributed by atoms with Gasteiger partial charge in [0.1, 0.15) is 0 Å². The van der Waals surface area contributed by atoms with E-state index in [1.54, 1.807) is 21.1 Å². The summed E-state index contributed by atoms with van der Waals surface area (Å²) in [5, 5.41) is 21.4. The topological polar surface area (TPSA) is 85.1 Å². The molecule has 1 atom stereocenters. The molecule has 8 heteroatoms. The molecular formula is C13H22N2O5S. The number of thiophene rings is 1. The lowest BCUT2D eigenvalue weighted by atomic mass is 10.3. The predicted octanol–water partition coefficient (Wildman–Crippen LogP) is 2.20. The van der Waals surface area contributed by atoms with Crippen molar-refractivity contribution in [2.75, 3.05) is 45.4 Å². The van der Waals surface area contributed by atoms with Crippen LogP contribution in [-0.2, 0) is 9.47 Å². The van der Waals surface area contributed by atoms with Crippen LogP contribution in [0.2, 0.25) is 0 Å². The Hall–Kier alpha value is -1.22. The van der Waals surface area contributed by atoms with E-state index in [-0.39, 0.29) is 5.69 Å². The quantitative estimate of drug-likeness (QED) is 0.404. The lowest BCUT2D eigenvalue weighted by Gasteiger charge is -2.22. The first-order valence-corrected chi connectivity index (χ1v) is 7.51. The summed E-state index contributed by atoms with van der Waals surface area (Å²) in [5.41, 5.74) is 0.0319. The van der Waals surface area contributed by atoms with Crippen molar-refractivity contribution < 1.29 is 19.5 Å². The Morgan fingerprint density at radius 1 is 1.38 bits per heavy atom. The number of ether oxygens (including phenoxy) is 2. The second-order valence-electron chi connectivity index (χ2n) is 4.60. The maximum Gasteiger partial charge on any atom is 0.304 e. The molecule has 0 fully saturated rings. The van der Waals surface area contributed by atoms with Crippen molar-refractivity contribution >= 4 is 22.0 Å². The van der Waals surface area contributed by atoms with Crippen molar-refractivity contribution in [1.29, 1.82) is 0 Å². The molecule has 0 saturated heterocycles. The first kappa shape index (κ1) is 17.8. The minimum absolute atomic E-state index is 0.0319. The van der Waals surface area contributed by atoms with Gasteiger partial charge >= 0.3 is 5.69 Å². The molecule has 0 spiro atoms. The molecule has 0 aliphatic rings. The lowest BCUT2D eigenvalue weighted by Crippen LogP contribution is -2.28. The highest BCUT2D eigenvalue weighted by molar-refractivity contribution is 7.16. The van der Waals surface area contributed by atoms with Gasteiger partial charge in [-0.25, -0.2) is 0 Å².